The molecule has 0 radical (unpaired) electrons. The van der Waals surface area contributed by atoms with Gasteiger partial charge < -0.3 is 15.5 Å². The van der Waals surface area contributed by atoms with E-state index in [-0.39, 0.29) is 5.91 Å². The van der Waals surface area contributed by atoms with E-state index in [0.717, 1.165) is 49.2 Å². The summed E-state index contributed by atoms with van der Waals surface area (Å²) in [7, 11) is 0. The van der Waals surface area contributed by atoms with Crippen LogP contribution in [0.2, 0.25) is 0 Å². The van der Waals surface area contributed by atoms with E-state index >= 15 is 0 Å². The van der Waals surface area contributed by atoms with Crippen LogP contribution in [0.1, 0.15) is 23.8 Å². The summed E-state index contributed by atoms with van der Waals surface area (Å²) in [4.78, 5) is 28.7. The van der Waals surface area contributed by atoms with Crippen LogP contribution in [-0.4, -0.2) is 52.7 Å². The number of aryl methyl sites for hydroxylation is 1. The molecular formula is C23H27N5OS2. The fourth-order valence-electron chi connectivity index (χ4n) is 4.49. The van der Waals surface area contributed by atoms with Gasteiger partial charge in [-0.15, -0.1) is 11.3 Å². The predicted molar refractivity (Wildman–Crippen MR) is 129 cm³/mol. The number of nitrogen functional groups attached to an aromatic ring is 1. The van der Waals surface area contributed by atoms with Crippen LogP contribution in [0.15, 0.2) is 35.5 Å². The molecule has 5 rings (SSSR count). The molecule has 1 fully saturated rings. The number of carbonyl (C=O) groups is 1. The number of carbonyl (C=O) groups excluding carboxylic acids is 1. The lowest BCUT2D eigenvalue weighted by Gasteiger charge is -2.36. The molecule has 8 heteroatoms. The first-order chi connectivity index (χ1) is 15.1. The molecule has 6 nitrogen and oxygen atoms in total. The van der Waals surface area contributed by atoms with Crippen molar-refractivity contribution in [3.05, 3.63) is 40.8 Å². The molecular weight excluding hydrogens is 426 g/mol. The number of nitrogens with two attached hydrogens (primary N) is 1. The number of thioether (sulfide) groups is 1. The lowest BCUT2D eigenvalue weighted by Crippen LogP contribution is -2.49. The third-order valence-electron chi connectivity index (χ3n) is 6.24. The highest BCUT2D eigenvalue weighted by molar-refractivity contribution is 7.99. The third kappa shape index (κ3) is 4.23. The number of nitrogens with zero attached hydrogens (tertiary/aromatic N) is 4. The second kappa shape index (κ2) is 8.67. The van der Waals surface area contributed by atoms with Crippen LogP contribution in [0, 0.1) is 5.92 Å². The zero-order valence-electron chi connectivity index (χ0n) is 17.7. The fraction of sp³-hybridized carbons (Fsp3) is 0.435. The summed E-state index contributed by atoms with van der Waals surface area (Å²) in [5, 5.41) is 1.65. The van der Waals surface area contributed by atoms with Crippen molar-refractivity contribution in [3.8, 4) is 0 Å². The minimum atomic E-state index is 0.138. The van der Waals surface area contributed by atoms with Crippen molar-refractivity contribution in [2.75, 3.05) is 42.6 Å². The number of thiophene rings is 1. The molecule has 162 valence electrons. The van der Waals surface area contributed by atoms with Gasteiger partial charge in [-0.3, -0.25) is 4.79 Å². The van der Waals surface area contributed by atoms with Crippen LogP contribution < -0.4 is 10.6 Å². The second-order valence-electron chi connectivity index (χ2n) is 8.42. The average molecular weight is 454 g/mol. The predicted octanol–water partition coefficient (Wildman–Crippen LogP) is 3.84. The zero-order chi connectivity index (χ0) is 21.4. The van der Waals surface area contributed by atoms with Gasteiger partial charge in [0, 0.05) is 36.7 Å². The first-order valence-electron chi connectivity index (χ1n) is 10.9. The summed E-state index contributed by atoms with van der Waals surface area (Å²) in [6.45, 7) is 5.50. The number of aromatic nitrogens is 2. The van der Waals surface area contributed by atoms with E-state index in [1.54, 1.807) is 11.3 Å². The number of anilines is 2. The molecule has 2 aliphatic rings. The summed E-state index contributed by atoms with van der Waals surface area (Å²) < 4.78 is 0. The molecule has 1 aliphatic carbocycles. The quantitative estimate of drug-likeness (QED) is 0.478. The van der Waals surface area contributed by atoms with Crippen LogP contribution in [-0.2, 0) is 17.6 Å². The maximum absolute atomic E-state index is 12.8. The topological polar surface area (TPSA) is 75.4 Å². The lowest BCUT2D eigenvalue weighted by molar-refractivity contribution is -0.128. The molecule has 0 bridgehead atoms. The minimum Gasteiger partial charge on any atom is -0.383 e. The van der Waals surface area contributed by atoms with Crippen LogP contribution in [0.5, 0.6) is 0 Å². The number of fused-ring (bicyclic) bond motifs is 3. The van der Waals surface area contributed by atoms with E-state index in [2.05, 4.69) is 41.1 Å². The second-order valence-corrected chi connectivity index (χ2v) is 10.4. The Bertz CT molecular complexity index is 1090. The molecule has 1 aliphatic heterocycles. The van der Waals surface area contributed by atoms with Gasteiger partial charge in [-0.2, -0.15) is 0 Å². The summed E-state index contributed by atoms with van der Waals surface area (Å²) >= 11 is 3.14. The van der Waals surface area contributed by atoms with Gasteiger partial charge in [0.25, 0.3) is 0 Å². The number of rotatable bonds is 4. The van der Waals surface area contributed by atoms with Gasteiger partial charge in [0.05, 0.1) is 11.1 Å². The Morgan fingerprint density at radius 1 is 1.19 bits per heavy atom. The largest absolute Gasteiger partial charge is 0.383 e. The summed E-state index contributed by atoms with van der Waals surface area (Å²) in [5.41, 5.74) is 8.88. The highest BCUT2D eigenvalue weighted by Crippen LogP contribution is 2.39. The van der Waals surface area contributed by atoms with Crippen molar-refractivity contribution in [1.29, 1.82) is 0 Å². The molecule has 2 N–H and O–H groups in total. The van der Waals surface area contributed by atoms with Gasteiger partial charge in [-0.1, -0.05) is 36.9 Å². The number of amides is 1. The number of hydrogen-bond donors (Lipinski definition) is 1. The van der Waals surface area contributed by atoms with Crippen molar-refractivity contribution in [2.24, 2.45) is 5.92 Å². The highest BCUT2D eigenvalue weighted by atomic mass is 32.2. The fourth-order valence-corrected chi connectivity index (χ4v) is 6.69. The van der Waals surface area contributed by atoms with E-state index in [0.29, 0.717) is 22.6 Å². The normalized spacial score (nSPS) is 18.9. The average Bonchev–Trinajstić information content (AvgIpc) is 3.16. The Hall–Kier alpha value is -2.32. The Balaban J connectivity index is 1.21. The smallest absolute Gasteiger partial charge is 0.233 e. The molecule has 3 heterocycles. The molecule has 3 aromatic rings. The van der Waals surface area contributed by atoms with Crippen molar-refractivity contribution in [2.45, 2.75) is 31.3 Å². The van der Waals surface area contributed by atoms with Crippen molar-refractivity contribution in [3.63, 3.8) is 0 Å². The summed E-state index contributed by atoms with van der Waals surface area (Å²) in [6, 6.07) is 10.4. The minimum absolute atomic E-state index is 0.138. The van der Waals surface area contributed by atoms with Crippen molar-refractivity contribution in [1.82, 2.24) is 14.9 Å². The van der Waals surface area contributed by atoms with Gasteiger partial charge in [0.15, 0.2) is 5.16 Å². The maximum Gasteiger partial charge on any atom is 0.233 e. The Morgan fingerprint density at radius 2 is 1.97 bits per heavy atom. The van der Waals surface area contributed by atoms with E-state index in [1.807, 2.05) is 11.0 Å². The molecule has 0 saturated carbocycles. The van der Waals surface area contributed by atoms with Crippen LogP contribution in [0.25, 0.3) is 10.2 Å². The number of para-hydroxylation sites is 1. The van der Waals surface area contributed by atoms with Crippen LogP contribution in [0.3, 0.4) is 0 Å². The van der Waals surface area contributed by atoms with E-state index < -0.39 is 0 Å². The Morgan fingerprint density at radius 3 is 2.74 bits per heavy atom. The summed E-state index contributed by atoms with van der Waals surface area (Å²) in [5.74, 6) is 1.75. The molecule has 1 aromatic carbocycles. The molecule has 1 unspecified atom stereocenters. The first kappa shape index (κ1) is 20.6. The van der Waals surface area contributed by atoms with Gasteiger partial charge in [-0.05, 0) is 42.9 Å². The summed E-state index contributed by atoms with van der Waals surface area (Å²) in [6.07, 6.45) is 3.36. The molecule has 2 aromatic heterocycles. The van der Waals surface area contributed by atoms with E-state index in [4.69, 9.17) is 10.7 Å². The number of benzene rings is 1. The molecule has 31 heavy (non-hydrogen) atoms. The lowest BCUT2D eigenvalue weighted by atomic mass is 9.89. The first-order valence-corrected chi connectivity index (χ1v) is 12.7. The van der Waals surface area contributed by atoms with Gasteiger partial charge in [0.2, 0.25) is 5.91 Å². The third-order valence-corrected chi connectivity index (χ3v) is 8.22. The van der Waals surface area contributed by atoms with Crippen molar-refractivity contribution >= 4 is 50.7 Å². The van der Waals surface area contributed by atoms with Gasteiger partial charge in [0.1, 0.15) is 10.6 Å². The Labute approximate surface area is 190 Å². The van der Waals surface area contributed by atoms with Crippen LogP contribution in [0.4, 0.5) is 11.5 Å². The van der Waals surface area contributed by atoms with E-state index in [9.17, 15) is 4.79 Å². The van der Waals surface area contributed by atoms with Gasteiger partial charge in [-0.25, -0.2) is 9.97 Å². The molecule has 1 saturated heterocycles. The van der Waals surface area contributed by atoms with Gasteiger partial charge >= 0.3 is 0 Å². The monoisotopic (exact) mass is 453 g/mol. The standard InChI is InChI=1S/C23H27N5OS2/c1-15-7-8-17-18(13-15)31-22-20(17)21(24)25-23(26-22)30-14-19(29)28-11-9-27(10-12-28)16-5-3-2-4-6-16/h2-6,15H,7-14H2,1H3,(H2,24,25,26). The Kier molecular flexibility index (Phi) is 5.75. The SMILES string of the molecule is CC1CCc2c(sc3nc(SCC(=O)N4CCN(c5ccccc5)CC4)nc(N)c23)C1. The number of piperazine rings is 1. The zero-order valence-corrected chi connectivity index (χ0v) is 19.3. The molecule has 0 spiro atoms. The number of hydrogen-bond acceptors (Lipinski definition) is 7. The van der Waals surface area contributed by atoms with Crippen molar-refractivity contribution < 1.29 is 4.79 Å². The van der Waals surface area contributed by atoms with E-state index in [1.165, 1.54) is 34.3 Å². The molecule has 1 amide bonds. The maximum atomic E-state index is 12.8. The highest BCUT2D eigenvalue weighted by Gasteiger charge is 2.24. The molecule has 1 atom stereocenters. The van der Waals surface area contributed by atoms with Crippen LogP contribution >= 0.6 is 23.1 Å².